The highest BCUT2D eigenvalue weighted by Gasteiger charge is 2.29. The molecule has 0 bridgehead atoms. The van der Waals surface area contributed by atoms with Crippen LogP contribution in [0.15, 0.2) is 53.0 Å². The number of halogens is 1. The maximum absolute atomic E-state index is 12.5. The van der Waals surface area contributed by atoms with Crippen molar-refractivity contribution in [3.05, 3.63) is 53.0 Å². The third-order valence-electron chi connectivity index (χ3n) is 4.96. The fourth-order valence-electron chi connectivity index (χ4n) is 3.25. The van der Waals surface area contributed by atoms with Crippen LogP contribution < -0.4 is 19.9 Å². The molecule has 138 valence electrons. The van der Waals surface area contributed by atoms with Gasteiger partial charge in [0.15, 0.2) is 6.04 Å². The van der Waals surface area contributed by atoms with Crippen LogP contribution in [0.1, 0.15) is 6.92 Å². The summed E-state index contributed by atoms with van der Waals surface area (Å²) in [5.41, 5.74) is 2.04. The number of carbonyl (C=O) groups excluding carboxylic acids is 1. The van der Waals surface area contributed by atoms with Crippen molar-refractivity contribution >= 4 is 33.2 Å². The zero-order chi connectivity index (χ0) is 18.5. The van der Waals surface area contributed by atoms with Crippen LogP contribution in [0.5, 0.6) is 5.75 Å². The van der Waals surface area contributed by atoms with Gasteiger partial charge in [0.25, 0.3) is 5.91 Å². The average Bonchev–Trinajstić information content (AvgIpc) is 2.69. The Bertz CT molecular complexity index is 726. The molecule has 0 radical (unpaired) electrons. The van der Waals surface area contributed by atoms with Crippen molar-refractivity contribution in [3.63, 3.8) is 0 Å². The van der Waals surface area contributed by atoms with E-state index in [0.717, 1.165) is 42.1 Å². The van der Waals surface area contributed by atoms with E-state index in [4.69, 9.17) is 4.74 Å². The van der Waals surface area contributed by atoms with Gasteiger partial charge in [-0.05, 0) is 55.5 Å². The molecule has 26 heavy (non-hydrogen) atoms. The number of piperazine rings is 1. The Morgan fingerprint density at radius 1 is 1.12 bits per heavy atom. The normalized spacial score (nSPS) is 16.2. The van der Waals surface area contributed by atoms with Gasteiger partial charge in [-0.3, -0.25) is 4.79 Å². The van der Waals surface area contributed by atoms with E-state index in [1.54, 1.807) is 7.11 Å². The Kier molecular flexibility index (Phi) is 6.16. The molecule has 5 nitrogen and oxygen atoms in total. The number of nitrogens with zero attached hydrogens (tertiary/aromatic N) is 1. The van der Waals surface area contributed by atoms with Gasteiger partial charge in [-0.25, -0.2) is 0 Å². The monoisotopic (exact) mass is 418 g/mol. The number of ether oxygens (including phenoxy) is 1. The summed E-state index contributed by atoms with van der Waals surface area (Å²) in [6, 6.07) is 15.8. The molecule has 6 heteroatoms. The minimum absolute atomic E-state index is 0.0696. The summed E-state index contributed by atoms with van der Waals surface area (Å²) in [6.07, 6.45) is 0. The second-order valence-electron chi connectivity index (χ2n) is 6.56. The molecular formula is C20H25BrN3O2+. The Balaban J connectivity index is 1.53. The van der Waals surface area contributed by atoms with E-state index in [1.165, 1.54) is 10.6 Å². The Hall–Kier alpha value is -2.05. The molecule has 1 atom stereocenters. The van der Waals surface area contributed by atoms with Crippen LogP contribution in [-0.4, -0.2) is 45.2 Å². The summed E-state index contributed by atoms with van der Waals surface area (Å²) in [5.74, 6) is 0.941. The van der Waals surface area contributed by atoms with Crippen LogP contribution in [0.4, 0.5) is 11.4 Å². The standard InChI is InChI=1S/C20H24BrN3O2/c1-15(20(25)22-17-5-3-16(21)4-6-17)23-11-13-24(14-12-23)18-7-9-19(26-2)10-8-18/h3-10,15H,11-14H2,1-2H3,(H,22,25)/p+1/t15-/m0/s1. The van der Waals surface area contributed by atoms with Crippen LogP contribution >= 0.6 is 15.9 Å². The Morgan fingerprint density at radius 2 is 1.73 bits per heavy atom. The number of methoxy groups -OCH3 is 1. The van der Waals surface area contributed by atoms with E-state index in [9.17, 15) is 4.79 Å². The second kappa shape index (κ2) is 8.56. The maximum atomic E-state index is 12.5. The van der Waals surface area contributed by atoms with Gasteiger partial charge in [0, 0.05) is 15.8 Å². The average molecular weight is 419 g/mol. The van der Waals surface area contributed by atoms with Crippen molar-refractivity contribution < 1.29 is 14.4 Å². The summed E-state index contributed by atoms with van der Waals surface area (Å²) in [7, 11) is 1.68. The molecule has 1 aliphatic rings. The topological polar surface area (TPSA) is 46.0 Å². The lowest BCUT2D eigenvalue weighted by Gasteiger charge is -2.36. The molecule has 2 N–H and O–H groups in total. The highest BCUT2D eigenvalue weighted by molar-refractivity contribution is 9.10. The van der Waals surface area contributed by atoms with Crippen LogP contribution in [0.2, 0.25) is 0 Å². The largest absolute Gasteiger partial charge is 0.497 e. The van der Waals surface area contributed by atoms with Crippen LogP contribution in [-0.2, 0) is 4.79 Å². The van der Waals surface area contributed by atoms with E-state index >= 15 is 0 Å². The molecule has 1 saturated heterocycles. The van der Waals surface area contributed by atoms with Crippen LogP contribution in [0.3, 0.4) is 0 Å². The van der Waals surface area contributed by atoms with E-state index in [1.807, 2.05) is 43.3 Å². The number of hydrogen-bond acceptors (Lipinski definition) is 3. The number of quaternary nitrogens is 1. The first-order valence-electron chi connectivity index (χ1n) is 8.87. The molecule has 0 aromatic heterocycles. The zero-order valence-electron chi connectivity index (χ0n) is 15.2. The fourth-order valence-corrected chi connectivity index (χ4v) is 3.51. The quantitative estimate of drug-likeness (QED) is 0.781. The van der Waals surface area contributed by atoms with E-state index in [0.29, 0.717) is 0 Å². The molecule has 2 aromatic rings. The lowest BCUT2D eigenvalue weighted by molar-refractivity contribution is -0.914. The minimum Gasteiger partial charge on any atom is -0.497 e. The molecule has 1 fully saturated rings. The summed E-state index contributed by atoms with van der Waals surface area (Å²) >= 11 is 3.41. The third kappa shape index (κ3) is 4.56. The van der Waals surface area contributed by atoms with Gasteiger partial charge in [0.05, 0.1) is 33.3 Å². The second-order valence-corrected chi connectivity index (χ2v) is 7.48. The number of benzene rings is 2. The molecule has 0 unspecified atom stereocenters. The van der Waals surface area contributed by atoms with Crippen LogP contribution in [0, 0.1) is 0 Å². The number of rotatable bonds is 5. The lowest BCUT2D eigenvalue weighted by Crippen LogP contribution is -3.19. The lowest BCUT2D eigenvalue weighted by atomic mass is 10.2. The van der Waals surface area contributed by atoms with Crippen molar-refractivity contribution in [1.29, 1.82) is 0 Å². The van der Waals surface area contributed by atoms with Gasteiger partial charge in [0.2, 0.25) is 0 Å². The third-order valence-corrected chi connectivity index (χ3v) is 5.49. The highest BCUT2D eigenvalue weighted by Crippen LogP contribution is 2.19. The predicted molar refractivity (Wildman–Crippen MR) is 108 cm³/mol. The fraction of sp³-hybridized carbons (Fsp3) is 0.350. The number of nitrogens with one attached hydrogen (secondary N) is 2. The molecule has 1 heterocycles. The molecule has 0 spiro atoms. The Morgan fingerprint density at radius 3 is 2.31 bits per heavy atom. The van der Waals surface area contributed by atoms with E-state index in [-0.39, 0.29) is 11.9 Å². The maximum Gasteiger partial charge on any atom is 0.282 e. The first-order chi connectivity index (χ1) is 12.6. The molecule has 0 saturated carbocycles. The van der Waals surface area contributed by atoms with Crippen molar-refractivity contribution in [1.82, 2.24) is 0 Å². The number of hydrogen-bond donors (Lipinski definition) is 2. The first-order valence-corrected chi connectivity index (χ1v) is 9.66. The molecule has 1 amide bonds. The predicted octanol–water partition coefficient (Wildman–Crippen LogP) is 2.19. The zero-order valence-corrected chi connectivity index (χ0v) is 16.8. The van der Waals surface area contributed by atoms with Gasteiger partial charge >= 0.3 is 0 Å². The van der Waals surface area contributed by atoms with Crippen molar-refractivity contribution in [2.24, 2.45) is 0 Å². The molecule has 1 aliphatic heterocycles. The molecule has 2 aromatic carbocycles. The van der Waals surface area contributed by atoms with Gasteiger partial charge in [-0.2, -0.15) is 0 Å². The van der Waals surface area contributed by atoms with E-state index < -0.39 is 0 Å². The van der Waals surface area contributed by atoms with Crippen LogP contribution in [0.25, 0.3) is 0 Å². The van der Waals surface area contributed by atoms with E-state index in [2.05, 4.69) is 38.3 Å². The molecule has 0 aliphatic carbocycles. The Labute approximate surface area is 163 Å². The number of anilines is 2. The first kappa shape index (κ1) is 18.7. The summed E-state index contributed by atoms with van der Waals surface area (Å²) in [4.78, 5) is 16.2. The van der Waals surface area contributed by atoms with Crippen molar-refractivity contribution in [2.45, 2.75) is 13.0 Å². The molecule has 3 rings (SSSR count). The van der Waals surface area contributed by atoms with Gasteiger partial charge in [-0.15, -0.1) is 0 Å². The smallest absolute Gasteiger partial charge is 0.282 e. The summed E-state index contributed by atoms with van der Waals surface area (Å²) in [5, 5.41) is 3.01. The number of carbonyl (C=O) groups is 1. The summed E-state index contributed by atoms with van der Waals surface area (Å²) in [6.45, 7) is 5.78. The van der Waals surface area contributed by atoms with Crippen molar-refractivity contribution in [2.75, 3.05) is 43.5 Å². The molecular weight excluding hydrogens is 394 g/mol. The van der Waals surface area contributed by atoms with Gasteiger partial charge in [-0.1, -0.05) is 15.9 Å². The highest BCUT2D eigenvalue weighted by atomic mass is 79.9. The summed E-state index contributed by atoms with van der Waals surface area (Å²) < 4.78 is 6.22. The van der Waals surface area contributed by atoms with Crippen molar-refractivity contribution in [3.8, 4) is 5.75 Å². The SMILES string of the molecule is COc1ccc(N2CC[NH+]([C@@H](C)C(=O)Nc3ccc(Br)cc3)CC2)cc1. The van der Waals surface area contributed by atoms with Gasteiger partial charge in [0.1, 0.15) is 5.75 Å². The number of amides is 1. The minimum atomic E-state index is -0.0725. The van der Waals surface area contributed by atoms with Gasteiger partial charge < -0.3 is 19.9 Å².